The number of allylic oxidation sites excluding steroid dienone is 1. The molecule has 0 bridgehead atoms. The molecule has 0 amide bonds. The van der Waals surface area contributed by atoms with Gasteiger partial charge in [-0.25, -0.2) is 0 Å². The maximum Gasteiger partial charge on any atom is 0.192 e. The van der Waals surface area contributed by atoms with Crippen LogP contribution in [0.1, 0.15) is 86.5 Å². The van der Waals surface area contributed by atoms with Gasteiger partial charge in [-0.05, 0) is 105 Å². The number of Topliss-reactive ketones (excluding diaryl/α,β-unsaturated/α-hetero) is 1. The van der Waals surface area contributed by atoms with Crippen LogP contribution in [0.25, 0.3) is 0 Å². The molecule has 0 saturated heterocycles. The summed E-state index contributed by atoms with van der Waals surface area (Å²) in [6.45, 7) is 18.3. The van der Waals surface area contributed by atoms with Crippen LogP contribution in [0.3, 0.4) is 0 Å². The highest BCUT2D eigenvalue weighted by Crippen LogP contribution is 2.66. The fourth-order valence-electron chi connectivity index (χ4n) is 8.10. The molecule has 4 rings (SSSR count). The minimum atomic E-state index is -1.73. The first-order valence-electron chi connectivity index (χ1n) is 12.8. The fraction of sp³-hybridized carbons (Fsp3) is 0.889. The van der Waals surface area contributed by atoms with E-state index in [1.165, 1.54) is 38.5 Å². The van der Waals surface area contributed by atoms with E-state index >= 15 is 0 Å². The third-order valence-electron chi connectivity index (χ3n) is 10.8. The molecule has 0 radical (unpaired) electrons. The van der Waals surface area contributed by atoms with Gasteiger partial charge in [0.15, 0.2) is 14.1 Å². The van der Waals surface area contributed by atoms with Crippen molar-refractivity contribution in [2.45, 2.75) is 117 Å². The zero-order chi connectivity index (χ0) is 23.0. The molecule has 0 aromatic heterocycles. The third kappa shape index (κ3) is 3.63. The van der Waals surface area contributed by atoms with Crippen molar-refractivity contribution in [3.8, 4) is 0 Å². The van der Waals surface area contributed by atoms with E-state index in [4.69, 9.17) is 4.43 Å². The van der Waals surface area contributed by atoms with E-state index in [1.54, 1.807) is 6.92 Å². The molecular formula is C27H46O3Si. The molecule has 0 spiro atoms. The summed E-state index contributed by atoms with van der Waals surface area (Å²) in [5.74, 6) is 2.34. The van der Waals surface area contributed by atoms with E-state index in [-0.39, 0.29) is 22.2 Å². The van der Waals surface area contributed by atoms with Crippen LogP contribution in [0.2, 0.25) is 18.1 Å². The lowest BCUT2D eigenvalue weighted by Gasteiger charge is -2.61. The molecule has 4 aliphatic carbocycles. The van der Waals surface area contributed by atoms with Gasteiger partial charge in [-0.1, -0.05) is 34.6 Å². The Morgan fingerprint density at radius 1 is 1.13 bits per heavy atom. The van der Waals surface area contributed by atoms with Crippen molar-refractivity contribution in [2.75, 3.05) is 0 Å². The Balaban J connectivity index is 1.52. The molecule has 0 unspecified atom stereocenters. The molecule has 0 aliphatic heterocycles. The summed E-state index contributed by atoms with van der Waals surface area (Å²) in [6.07, 6.45) is 10.2. The first-order valence-corrected chi connectivity index (χ1v) is 15.7. The largest absolute Gasteiger partial charge is 0.414 e. The van der Waals surface area contributed by atoms with Crippen LogP contribution in [-0.4, -0.2) is 31.4 Å². The fourth-order valence-corrected chi connectivity index (χ4v) is 9.50. The van der Waals surface area contributed by atoms with E-state index in [0.717, 1.165) is 17.9 Å². The van der Waals surface area contributed by atoms with Gasteiger partial charge in [-0.2, -0.15) is 0 Å². The highest BCUT2D eigenvalue weighted by Gasteiger charge is 2.61. The number of aliphatic hydroxyl groups is 1. The molecule has 0 aromatic rings. The number of carbonyl (C=O) groups excluding carboxylic acids is 1. The van der Waals surface area contributed by atoms with Gasteiger partial charge in [-0.3, -0.25) is 4.79 Å². The predicted molar refractivity (Wildman–Crippen MR) is 129 cm³/mol. The van der Waals surface area contributed by atoms with Gasteiger partial charge in [0.25, 0.3) is 0 Å². The zero-order valence-electron chi connectivity index (χ0n) is 21.3. The van der Waals surface area contributed by atoms with Gasteiger partial charge < -0.3 is 9.53 Å². The smallest absolute Gasteiger partial charge is 0.192 e. The van der Waals surface area contributed by atoms with E-state index in [9.17, 15) is 9.90 Å². The van der Waals surface area contributed by atoms with E-state index < -0.39 is 14.4 Å². The van der Waals surface area contributed by atoms with Gasteiger partial charge in [0.05, 0.1) is 6.10 Å². The standard InChI is InChI=1S/C27H46O3Si/c1-17(28)22-16-23(29)24-20-10-9-18-15-19(30-31(7,8)25(2,3)4)11-13-26(18,5)21(20)12-14-27(22,24)6/h16,18-21,23-24,29H,9-15H2,1-8H3/t18-,19-,20+,21-,23+,24+,26-,27+/m0/s1. The van der Waals surface area contributed by atoms with Crippen molar-refractivity contribution in [3.63, 3.8) is 0 Å². The first kappa shape index (κ1) is 23.7. The second-order valence-corrected chi connectivity index (χ2v) is 18.2. The van der Waals surface area contributed by atoms with Gasteiger partial charge >= 0.3 is 0 Å². The van der Waals surface area contributed by atoms with Crippen molar-refractivity contribution >= 4 is 14.1 Å². The number of fused-ring (bicyclic) bond motifs is 5. The summed E-state index contributed by atoms with van der Waals surface area (Å²) in [5, 5.41) is 11.3. The average molecular weight is 447 g/mol. The molecule has 3 nitrogen and oxygen atoms in total. The highest BCUT2D eigenvalue weighted by atomic mass is 28.4. The Bertz CT molecular complexity index is 765. The zero-order valence-corrected chi connectivity index (χ0v) is 22.3. The third-order valence-corrected chi connectivity index (χ3v) is 15.4. The van der Waals surface area contributed by atoms with Crippen molar-refractivity contribution in [1.29, 1.82) is 0 Å². The number of hydrogen-bond donors (Lipinski definition) is 1. The lowest BCUT2D eigenvalue weighted by atomic mass is 9.44. The van der Waals surface area contributed by atoms with Crippen LogP contribution in [0.5, 0.6) is 0 Å². The number of aliphatic hydroxyl groups excluding tert-OH is 1. The number of ketones is 1. The normalized spacial score (nSPS) is 45.4. The number of carbonyl (C=O) groups is 1. The van der Waals surface area contributed by atoms with Gasteiger partial charge in [-0.15, -0.1) is 0 Å². The van der Waals surface area contributed by atoms with Crippen LogP contribution < -0.4 is 0 Å². The lowest BCUT2D eigenvalue weighted by Crippen LogP contribution is -2.56. The van der Waals surface area contributed by atoms with Gasteiger partial charge in [0.2, 0.25) is 0 Å². The lowest BCUT2D eigenvalue weighted by molar-refractivity contribution is -0.134. The maximum absolute atomic E-state index is 12.3. The minimum absolute atomic E-state index is 0.127. The Morgan fingerprint density at radius 3 is 2.42 bits per heavy atom. The molecule has 4 aliphatic rings. The molecular weight excluding hydrogens is 400 g/mol. The Kier molecular flexibility index (Phi) is 5.76. The highest BCUT2D eigenvalue weighted by molar-refractivity contribution is 6.74. The number of hydrogen-bond acceptors (Lipinski definition) is 3. The Morgan fingerprint density at radius 2 is 1.81 bits per heavy atom. The summed E-state index contributed by atoms with van der Waals surface area (Å²) in [4.78, 5) is 12.3. The average Bonchev–Trinajstić information content (AvgIpc) is 2.92. The topological polar surface area (TPSA) is 46.5 Å². The summed E-state index contributed by atoms with van der Waals surface area (Å²) in [7, 11) is -1.73. The quantitative estimate of drug-likeness (QED) is 0.502. The van der Waals surface area contributed by atoms with Crippen LogP contribution in [0, 0.1) is 34.5 Å². The van der Waals surface area contributed by atoms with Gasteiger partial charge in [0, 0.05) is 17.4 Å². The Labute approximate surface area is 191 Å². The molecule has 0 heterocycles. The first-order chi connectivity index (χ1) is 14.2. The summed E-state index contributed by atoms with van der Waals surface area (Å²) < 4.78 is 6.87. The van der Waals surface area contributed by atoms with Crippen LogP contribution in [-0.2, 0) is 9.22 Å². The maximum atomic E-state index is 12.3. The summed E-state index contributed by atoms with van der Waals surface area (Å²) >= 11 is 0. The van der Waals surface area contributed by atoms with E-state index in [2.05, 4.69) is 47.7 Å². The molecule has 1 N–H and O–H groups in total. The van der Waals surface area contributed by atoms with Crippen LogP contribution in [0.4, 0.5) is 0 Å². The SMILES string of the molecule is CC(=O)C1=C[C@@H](O)[C@H]2[C@@H]3CC[C@H]4C[C@@H](O[Si](C)(C)C(C)(C)C)CC[C@]4(C)[C@H]3CC[C@]12C. The Hall–Kier alpha value is -0.453. The van der Waals surface area contributed by atoms with E-state index in [0.29, 0.717) is 23.4 Å². The van der Waals surface area contributed by atoms with E-state index in [1.807, 2.05) is 6.08 Å². The van der Waals surface area contributed by atoms with Gasteiger partial charge in [0.1, 0.15) is 0 Å². The molecule has 4 heteroatoms. The molecule has 0 aromatic carbocycles. The number of rotatable bonds is 3. The molecule has 3 fully saturated rings. The summed E-state index contributed by atoms with van der Waals surface area (Å²) in [6, 6.07) is 0. The second kappa shape index (κ2) is 7.53. The molecule has 3 saturated carbocycles. The molecule has 31 heavy (non-hydrogen) atoms. The predicted octanol–water partition coefficient (Wildman–Crippen LogP) is 6.52. The van der Waals surface area contributed by atoms with Crippen LogP contribution in [0.15, 0.2) is 11.6 Å². The van der Waals surface area contributed by atoms with Crippen molar-refractivity contribution in [3.05, 3.63) is 11.6 Å². The van der Waals surface area contributed by atoms with Crippen molar-refractivity contribution < 1.29 is 14.3 Å². The van der Waals surface area contributed by atoms with Crippen molar-refractivity contribution in [1.82, 2.24) is 0 Å². The monoisotopic (exact) mass is 446 g/mol. The molecule has 176 valence electrons. The minimum Gasteiger partial charge on any atom is -0.414 e. The second-order valence-electron chi connectivity index (χ2n) is 13.4. The summed E-state index contributed by atoms with van der Waals surface area (Å²) in [5.41, 5.74) is 1.14. The van der Waals surface area contributed by atoms with Crippen molar-refractivity contribution in [2.24, 2.45) is 34.5 Å². The van der Waals surface area contributed by atoms with Crippen LogP contribution >= 0.6 is 0 Å². The molecule has 8 atom stereocenters.